The highest BCUT2D eigenvalue weighted by Crippen LogP contribution is 2.11. The average molecular weight is 294 g/mol. The summed E-state index contributed by atoms with van der Waals surface area (Å²) in [7, 11) is 0. The summed E-state index contributed by atoms with van der Waals surface area (Å²) >= 11 is 0. The fraction of sp³-hybridized carbons (Fsp3) is 0.467. The van der Waals surface area contributed by atoms with Gasteiger partial charge in [0.1, 0.15) is 5.75 Å². The molecule has 5 N–H and O–H groups in total. The summed E-state index contributed by atoms with van der Waals surface area (Å²) in [6.07, 6.45) is 1.07. The molecular weight excluding hydrogens is 272 g/mol. The van der Waals surface area contributed by atoms with Crippen LogP contribution in [-0.2, 0) is 16.0 Å². The molecule has 0 aliphatic heterocycles. The van der Waals surface area contributed by atoms with E-state index < -0.39 is 12.0 Å². The number of phenols is 1. The van der Waals surface area contributed by atoms with Crippen LogP contribution in [0.5, 0.6) is 5.75 Å². The molecule has 1 rings (SSSR count). The number of benzene rings is 1. The number of carboxylic acid groups (broad SMARTS) is 1. The van der Waals surface area contributed by atoms with E-state index in [0.29, 0.717) is 19.4 Å². The summed E-state index contributed by atoms with van der Waals surface area (Å²) in [6.45, 7) is 2.20. The SMILES string of the molecule is CCC(CNC(=O)C(N)Cc1ccc(O)cc1)CC(=O)O. The van der Waals surface area contributed by atoms with Crippen molar-refractivity contribution in [2.75, 3.05) is 6.54 Å². The van der Waals surface area contributed by atoms with Gasteiger partial charge in [0, 0.05) is 13.0 Å². The molecule has 0 fully saturated rings. The molecule has 1 amide bonds. The normalized spacial score (nSPS) is 13.4. The number of hydrogen-bond acceptors (Lipinski definition) is 4. The van der Waals surface area contributed by atoms with Crippen LogP contribution < -0.4 is 11.1 Å². The van der Waals surface area contributed by atoms with Crippen molar-refractivity contribution < 1.29 is 19.8 Å². The Morgan fingerprint density at radius 1 is 1.29 bits per heavy atom. The van der Waals surface area contributed by atoms with Gasteiger partial charge in [-0.1, -0.05) is 25.5 Å². The highest BCUT2D eigenvalue weighted by Gasteiger charge is 2.17. The molecule has 2 unspecified atom stereocenters. The Kier molecular flexibility index (Phi) is 6.68. The van der Waals surface area contributed by atoms with Gasteiger partial charge >= 0.3 is 5.97 Å². The smallest absolute Gasteiger partial charge is 0.303 e. The molecule has 0 aliphatic rings. The molecular formula is C15H22N2O4. The second-order valence-corrected chi connectivity index (χ2v) is 5.09. The molecule has 0 saturated heterocycles. The topological polar surface area (TPSA) is 113 Å². The van der Waals surface area contributed by atoms with E-state index >= 15 is 0 Å². The van der Waals surface area contributed by atoms with Crippen LogP contribution >= 0.6 is 0 Å². The summed E-state index contributed by atoms with van der Waals surface area (Å²) in [5.74, 6) is -1.10. The van der Waals surface area contributed by atoms with Gasteiger partial charge in [0.05, 0.1) is 6.04 Å². The van der Waals surface area contributed by atoms with Gasteiger partial charge in [-0.3, -0.25) is 9.59 Å². The minimum atomic E-state index is -0.871. The molecule has 21 heavy (non-hydrogen) atoms. The quantitative estimate of drug-likeness (QED) is 0.568. The van der Waals surface area contributed by atoms with Crippen molar-refractivity contribution in [1.29, 1.82) is 0 Å². The number of carbonyl (C=O) groups is 2. The molecule has 6 heteroatoms. The van der Waals surface area contributed by atoms with Crippen LogP contribution in [0.3, 0.4) is 0 Å². The van der Waals surface area contributed by atoms with Gasteiger partial charge in [0.2, 0.25) is 5.91 Å². The lowest BCUT2D eigenvalue weighted by molar-refractivity contribution is -0.138. The third-order valence-corrected chi connectivity index (χ3v) is 3.33. The van der Waals surface area contributed by atoms with E-state index in [1.165, 1.54) is 0 Å². The number of nitrogens with two attached hydrogens (primary N) is 1. The molecule has 0 aliphatic carbocycles. The zero-order valence-corrected chi connectivity index (χ0v) is 12.1. The van der Waals surface area contributed by atoms with Crippen LogP contribution in [0.1, 0.15) is 25.3 Å². The zero-order chi connectivity index (χ0) is 15.8. The van der Waals surface area contributed by atoms with Gasteiger partial charge in [0.25, 0.3) is 0 Å². The molecule has 0 bridgehead atoms. The maximum atomic E-state index is 11.9. The van der Waals surface area contributed by atoms with Crippen molar-refractivity contribution in [3.8, 4) is 5.75 Å². The molecule has 0 saturated carbocycles. The number of nitrogens with one attached hydrogen (secondary N) is 1. The molecule has 116 valence electrons. The monoisotopic (exact) mass is 294 g/mol. The Morgan fingerprint density at radius 3 is 2.43 bits per heavy atom. The number of phenolic OH excluding ortho intramolecular Hbond substituents is 1. The van der Waals surface area contributed by atoms with E-state index in [0.717, 1.165) is 5.56 Å². The van der Waals surface area contributed by atoms with Crippen molar-refractivity contribution in [1.82, 2.24) is 5.32 Å². The minimum Gasteiger partial charge on any atom is -0.508 e. The number of rotatable bonds is 8. The van der Waals surface area contributed by atoms with Gasteiger partial charge in [-0.2, -0.15) is 0 Å². The van der Waals surface area contributed by atoms with Crippen LogP contribution in [0.25, 0.3) is 0 Å². The van der Waals surface area contributed by atoms with Crippen LogP contribution in [0, 0.1) is 5.92 Å². The predicted octanol–water partition coefficient (Wildman–Crippen LogP) is 0.879. The Bertz CT molecular complexity index is 473. The number of carbonyl (C=O) groups excluding carboxylic acids is 1. The van der Waals surface area contributed by atoms with Crippen molar-refractivity contribution >= 4 is 11.9 Å². The molecule has 0 spiro atoms. The maximum Gasteiger partial charge on any atom is 0.303 e. The summed E-state index contributed by atoms with van der Waals surface area (Å²) in [4.78, 5) is 22.5. The third kappa shape index (κ3) is 6.27. The molecule has 0 radical (unpaired) electrons. The van der Waals surface area contributed by atoms with E-state index in [2.05, 4.69) is 5.32 Å². The molecule has 1 aromatic carbocycles. The Balaban J connectivity index is 2.43. The lowest BCUT2D eigenvalue weighted by atomic mass is 10.0. The van der Waals surface area contributed by atoms with Crippen LogP contribution in [-0.4, -0.2) is 34.7 Å². The molecule has 1 aromatic rings. The van der Waals surface area contributed by atoms with Crippen LogP contribution in [0.4, 0.5) is 0 Å². The maximum absolute atomic E-state index is 11.9. The highest BCUT2D eigenvalue weighted by molar-refractivity contribution is 5.81. The fourth-order valence-corrected chi connectivity index (χ4v) is 1.96. The lowest BCUT2D eigenvalue weighted by Gasteiger charge is -2.16. The van der Waals surface area contributed by atoms with E-state index in [9.17, 15) is 14.7 Å². The molecule has 2 atom stereocenters. The first kappa shape index (κ1) is 17.0. The highest BCUT2D eigenvalue weighted by atomic mass is 16.4. The first-order valence-corrected chi connectivity index (χ1v) is 6.95. The number of aromatic hydroxyl groups is 1. The summed E-state index contributed by atoms with van der Waals surface area (Å²) in [5.41, 5.74) is 6.68. The van der Waals surface area contributed by atoms with Gasteiger partial charge in [-0.25, -0.2) is 0 Å². The summed E-state index contributed by atoms with van der Waals surface area (Å²) in [6, 6.07) is 5.81. The second kappa shape index (κ2) is 8.26. The fourth-order valence-electron chi connectivity index (χ4n) is 1.96. The van der Waals surface area contributed by atoms with Crippen LogP contribution in [0.2, 0.25) is 0 Å². The van der Waals surface area contributed by atoms with Gasteiger partial charge in [-0.05, 0) is 30.0 Å². The molecule has 6 nitrogen and oxygen atoms in total. The standard InChI is InChI=1S/C15H22N2O4/c1-2-10(8-14(19)20)9-17-15(21)13(16)7-11-3-5-12(18)6-4-11/h3-6,10,13,18H,2,7-9,16H2,1H3,(H,17,21)(H,19,20). The Morgan fingerprint density at radius 2 is 1.90 bits per heavy atom. The number of amides is 1. The van der Waals surface area contributed by atoms with Gasteiger partial charge in [0.15, 0.2) is 0 Å². The van der Waals surface area contributed by atoms with Crippen molar-refractivity contribution in [2.45, 2.75) is 32.2 Å². The molecule has 0 aromatic heterocycles. The van der Waals surface area contributed by atoms with E-state index in [1.54, 1.807) is 24.3 Å². The predicted molar refractivity (Wildman–Crippen MR) is 78.8 cm³/mol. The molecule has 0 heterocycles. The Labute approximate surface area is 124 Å². The third-order valence-electron chi connectivity index (χ3n) is 3.33. The average Bonchev–Trinajstić information content (AvgIpc) is 2.45. The van der Waals surface area contributed by atoms with E-state index in [4.69, 9.17) is 10.8 Å². The first-order valence-electron chi connectivity index (χ1n) is 6.95. The van der Waals surface area contributed by atoms with Crippen molar-refractivity contribution in [3.63, 3.8) is 0 Å². The van der Waals surface area contributed by atoms with Crippen molar-refractivity contribution in [2.24, 2.45) is 11.7 Å². The first-order chi connectivity index (χ1) is 9.92. The van der Waals surface area contributed by atoms with Crippen LogP contribution in [0.15, 0.2) is 24.3 Å². The van der Waals surface area contributed by atoms with E-state index in [1.807, 2.05) is 6.92 Å². The Hall–Kier alpha value is -2.08. The summed E-state index contributed by atoms with van der Waals surface area (Å²) < 4.78 is 0. The zero-order valence-electron chi connectivity index (χ0n) is 12.1. The second-order valence-electron chi connectivity index (χ2n) is 5.09. The number of carboxylic acids is 1. The number of aliphatic carboxylic acids is 1. The van der Waals surface area contributed by atoms with Gasteiger partial charge < -0.3 is 21.3 Å². The summed E-state index contributed by atoms with van der Waals surface area (Å²) in [5, 5.41) is 20.6. The van der Waals surface area contributed by atoms with Crippen molar-refractivity contribution in [3.05, 3.63) is 29.8 Å². The largest absolute Gasteiger partial charge is 0.508 e. The lowest BCUT2D eigenvalue weighted by Crippen LogP contribution is -2.43. The van der Waals surface area contributed by atoms with Gasteiger partial charge in [-0.15, -0.1) is 0 Å². The minimum absolute atomic E-state index is 0.0317. The number of hydrogen-bond donors (Lipinski definition) is 4. The van der Waals surface area contributed by atoms with E-state index in [-0.39, 0.29) is 24.0 Å².